The van der Waals surface area contributed by atoms with Crippen molar-refractivity contribution in [1.29, 1.82) is 5.26 Å². The van der Waals surface area contributed by atoms with E-state index in [9.17, 15) is 14.9 Å². The van der Waals surface area contributed by atoms with Gasteiger partial charge in [0.05, 0.1) is 40.1 Å². The number of rotatable bonds is 10. The molecule has 5 aromatic heterocycles. The second-order valence-electron chi connectivity index (χ2n) is 15.4. The standard InChI is InChI=1S/C41H45N11O4S/c42-21-27-19-30-4-8-36(52(30)45-22-27)35-20-34(46-29-11-17-55-18-12-29)33(24-43-35)40-48-49-41(57-40)51-15-13-50(14-16-51)25-26-1-5-31(6-2-26)56-38-10-3-28(23-44-38)32-7-9-37(53)47-39(32)54/h3-4,8,10,19-20,22-24,26,29,31-32H,1-2,5-7,9,11-18,25H2,(H,43,46)(H,47,53,54)/t26?,31?,32-/m1/s1. The minimum absolute atomic E-state index is 0.141. The lowest BCUT2D eigenvalue weighted by Crippen LogP contribution is -2.48. The highest BCUT2D eigenvalue weighted by Crippen LogP contribution is 2.37. The Kier molecular flexibility index (Phi) is 10.8. The number of anilines is 2. The number of imide groups is 1. The van der Waals surface area contributed by atoms with Crippen molar-refractivity contribution in [3.63, 3.8) is 0 Å². The van der Waals surface area contributed by atoms with Crippen molar-refractivity contribution in [2.24, 2.45) is 5.92 Å². The van der Waals surface area contributed by atoms with Gasteiger partial charge in [-0.15, -0.1) is 10.2 Å². The molecule has 3 saturated heterocycles. The van der Waals surface area contributed by atoms with Crippen LogP contribution in [0.3, 0.4) is 0 Å². The van der Waals surface area contributed by atoms with Crippen LogP contribution in [0.4, 0.5) is 10.8 Å². The van der Waals surface area contributed by atoms with Gasteiger partial charge in [0, 0.05) is 82.5 Å². The number of nitrogens with zero attached hydrogens (tertiary/aromatic N) is 9. The zero-order valence-electron chi connectivity index (χ0n) is 31.7. The Labute approximate surface area is 334 Å². The summed E-state index contributed by atoms with van der Waals surface area (Å²) in [5, 5.41) is 31.1. The summed E-state index contributed by atoms with van der Waals surface area (Å²) < 4.78 is 13.7. The Morgan fingerprint density at radius 1 is 0.930 bits per heavy atom. The number of fused-ring (bicyclic) bond motifs is 1. The molecule has 0 unspecified atom stereocenters. The number of amides is 2. The number of aromatic nitrogens is 6. The first-order valence-electron chi connectivity index (χ1n) is 20.0. The monoisotopic (exact) mass is 787 g/mol. The molecular formula is C41H45N11O4S. The molecule has 16 heteroatoms. The highest BCUT2D eigenvalue weighted by atomic mass is 32.1. The molecule has 2 amide bonds. The summed E-state index contributed by atoms with van der Waals surface area (Å²) >= 11 is 1.61. The third-order valence-corrected chi connectivity index (χ3v) is 12.7. The van der Waals surface area contributed by atoms with Crippen LogP contribution in [0.5, 0.6) is 5.88 Å². The Morgan fingerprint density at radius 2 is 1.77 bits per heavy atom. The smallest absolute Gasteiger partial charge is 0.234 e. The number of hydrogen-bond acceptors (Lipinski definition) is 14. The van der Waals surface area contributed by atoms with E-state index in [4.69, 9.17) is 14.5 Å². The van der Waals surface area contributed by atoms with Gasteiger partial charge in [-0.3, -0.25) is 24.8 Å². The second-order valence-corrected chi connectivity index (χ2v) is 16.4. The number of pyridine rings is 2. The van der Waals surface area contributed by atoms with E-state index >= 15 is 0 Å². The molecule has 0 bridgehead atoms. The van der Waals surface area contributed by atoms with Crippen molar-refractivity contribution in [2.45, 2.75) is 69.4 Å². The first-order chi connectivity index (χ1) is 28.0. The SMILES string of the molecule is N#Cc1cnn2c(-c3cc(NC4CCOCC4)c(-c4nnc(N5CCN(CC6CCC(Oc7ccc([C@H]8CCC(=O)NC8=O)cn7)CC6)CC5)s4)cn3)ccc2c1. The van der Waals surface area contributed by atoms with Crippen LogP contribution in [-0.4, -0.2) is 105 Å². The largest absolute Gasteiger partial charge is 0.474 e. The molecule has 15 nitrogen and oxygen atoms in total. The van der Waals surface area contributed by atoms with Crippen LogP contribution in [0.15, 0.2) is 55.0 Å². The van der Waals surface area contributed by atoms with Crippen molar-refractivity contribution in [3.05, 3.63) is 66.1 Å². The van der Waals surface area contributed by atoms with Crippen LogP contribution in [0, 0.1) is 17.2 Å². The highest BCUT2D eigenvalue weighted by Gasteiger charge is 2.30. The average Bonchev–Trinajstić information content (AvgIpc) is 3.91. The van der Waals surface area contributed by atoms with E-state index in [0.717, 1.165) is 128 Å². The van der Waals surface area contributed by atoms with Crippen molar-refractivity contribution < 1.29 is 19.1 Å². The van der Waals surface area contributed by atoms with Gasteiger partial charge in [0.2, 0.25) is 22.8 Å². The molecule has 4 aliphatic rings. The quantitative estimate of drug-likeness (QED) is 0.180. The van der Waals surface area contributed by atoms with Crippen LogP contribution in [0.1, 0.15) is 68.4 Å². The molecule has 0 aromatic carbocycles. The summed E-state index contributed by atoms with van der Waals surface area (Å²) in [4.78, 5) is 38.0. The van der Waals surface area contributed by atoms with Gasteiger partial charge in [0.1, 0.15) is 12.2 Å². The fourth-order valence-electron chi connectivity index (χ4n) is 8.42. The molecule has 294 valence electrons. The minimum Gasteiger partial charge on any atom is -0.474 e. The van der Waals surface area contributed by atoms with Crippen LogP contribution < -0.4 is 20.3 Å². The fourth-order valence-corrected chi connectivity index (χ4v) is 9.34. The molecule has 1 aliphatic carbocycles. The molecular weight excluding hydrogens is 743 g/mol. The van der Waals surface area contributed by atoms with E-state index in [1.165, 1.54) is 0 Å². The van der Waals surface area contributed by atoms with Crippen LogP contribution >= 0.6 is 11.3 Å². The molecule has 57 heavy (non-hydrogen) atoms. The summed E-state index contributed by atoms with van der Waals surface area (Å²) in [5.74, 6) is 0.426. The van der Waals surface area contributed by atoms with Gasteiger partial charge in [-0.05, 0) is 80.7 Å². The second kappa shape index (κ2) is 16.5. The lowest BCUT2D eigenvalue weighted by atomic mass is 9.87. The molecule has 0 spiro atoms. The van der Waals surface area contributed by atoms with Crippen LogP contribution in [-0.2, 0) is 14.3 Å². The Balaban J connectivity index is 0.790. The van der Waals surface area contributed by atoms with Gasteiger partial charge in [-0.1, -0.05) is 17.4 Å². The summed E-state index contributed by atoms with van der Waals surface area (Å²) in [5.41, 5.74) is 5.69. The number of piperazine rings is 1. The molecule has 4 fully saturated rings. The van der Waals surface area contributed by atoms with E-state index in [1.54, 1.807) is 23.7 Å². The first kappa shape index (κ1) is 37.1. The Bertz CT molecular complexity index is 2270. The van der Waals surface area contributed by atoms with Gasteiger partial charge in [0.25, 0.3) is 0 Å². The minimum atomic E-state index is -0.338. The van der Waals surface area contributed by atoms with Gasteiger partial charge in [0.15, 0.2) is 5.01 Å². The molecule has 8 heterocycles. The van der Waals surface area contributed by atoms with E-state index in [-0.39, 0.29) is 29.9 Å². The summed E-state index contributed by atoms with van der Waals surface area (Å²) in [6.07, 6.45) is 12.3. The van der Waals surface area contributed by atoms with Crippen molar-refractivity contribution >= 4 is 39.5 Å². The van der Waals surface area contributed by atoms with Gasteiger partial charge < -0.3 is 19.7 Å². The Morgan fingerprint density at radius 3 is 2.54 bits per heavy atom. The molecule has 9 rings (SSSR count). The predicted octanol–water partition coefficient (Wildman–Crippen LogP) is 5.05. The summed E-state index contributed by atoms with van der Waals surface area (Å²) in [7, 11) is 0. The molecule has 1 atom stereocenters. The summed E-state index contributed by atoms with van der Waals surface area (Å²) in [6.45, 7) is 6.32. The maximum absolute atomic E-state index is 12.2. The van der Waals surface area contributed by atoms with Crippen molar-refractivity contribution in [3.8, 4) is 33.9 Å². The highest BCUT2D eigenvalue weighted by molar-refractivity contribution is 7.18. The maximum atomic E-state index is 12.2. The number of hydrogen-bond donors (Lipinski definition) is 2. The molecule has 5 aromatic rings. The molecule has 3 aliphatic heterocycles. The van der Waals surface area contributed by atoms with Crippen LogP contribution in [0.2, 0.25) is 0 Å². The maximum Gasteiger partial charge on any atom is 0.234 e. The van der Waals surface area contributed by atoms with E-state index < -0.39 is 0 Å². The third-order valence-electron chi connectivity index (χ3n) is 11.7. The van der Waals surface area contributed by atoms with Crippen molar-refractivity contribution in [1.82, 2.24) is 40.0 Å². The van der Waals surface area contributed by atoms with Crippen LogP contribution in [0.25, 0.3) is 27.5 Å². The first-order valence-corrected chi connectivity index (χ1v) is 20.8. The van der Waals surface area contributed by atoms with E-state index in [2.05, 4.69) is 52.8 Å². The van der Waals surface area contributed by atoms with Gasteiger partial charge in [-0.25, -0.2) is 9.50 Å². The zero-order chi connectivity index (χ0) is 38.7. The van der Waals surface area contributed by atoms with E-state index in [1.807, 2.05) is 41.0 Å². The lowest BCUT2D eigenvalue weighted by molar-refractivity contribution is -0.134. The molecule has 2 N–H and O–H groups in total. The number of carbonyl (C=O) groups is 2. The molecule has 1 saturated carbocycles. The van der Waals surface area contributed by atoms with Gasteiger partial charge in [-0.2, -0.15) is 10.4 Å². The lowest BCUT2D eigenvalue weighted by Gasteiger charge is -2.37. The number of piperidine rings is 1. The number of carbonyl (C=O) groups excluding carboxylic acids is 2. The fraction of sp³-hybridized carbons (Fsp3) is 0.463. The normalized spacial score (nSPS) is 22.3. The number of nitriles is 1. The third kappa shape index (κ3) is 8.32. The Hall–Kier alpha value is -5.50. The van der Waals surface area contributed by atoms with Crippen molar-refractivity contribution in [2.75, 3.05) is 56.2 Å². The molecule has 0 radical (unpaired) electrons. The average molecular weight is 788 g/mol. The van der Waals surface area contributed by atoms with E-state index in [0.29, 0.717) is 30.2 Å². The van der Waals surface area contributed by atoms with Gasteiger partial charge >= 0.3 is 0 Å². The summed E-state index contributed by atoms with van der Waals surface area (Å²) in [6, 6.07) is 14.0. The topological polar surface area (TPSA) is 176 Å². The predicted molar refractivity (Wildman–Crippen MR) is 214 cm³/mol. The zero-order valence-corrected chi connectivity index (χ0v) is 32.5. The number of nitrogens with one attached hydrogen (secondary N) is 2. The number of ether oxygens (including phenoxy) is 2.